The highest BCUT2D eigenvalue weighted by atomic mass is 16.6. The highest BCUT2D eigenvalue weighted by Gasteiger charge is 2.37. The highest BCUT2D eigenvalue weighted by Crippen LogP contribution is 2.32. The molecule has 2 aromatic rings. The van der Waals surface area contributed by atoms with E-state index in [1.165, 1.54) is 4.90 Å². The van der Waals surface area contributed by atoms with Crippen LogP contribution in [0.2, 0.25) is 0 Å². The minimum atomic E-state index is -0.358. The first-order valence-corrected chi connectivity index (χ1v) is 8.81. The number of fused-ring (bicyclic) bond motifs is 1. The van der Waals surface area contributed by atoms with Crippen molar-refractivity contribution in [2.75, 3.05) is 31.3 Å². The molecular formula is C20H17NO6. The van der Waals surface area contributed by atoms with E-state index in [1.54, 1.807) is 42.5 Å². The maximum atomic E-state index is 12.8. The van der Waals surface area contributed by atoms with Crippen LogP contribution < -0.4 is 14.4 Å². The van der Waals surface area contributed by atoms with Crippen molar-refractivity contribution >= 4 is 17.5 Å². The topological polar surface area (TPSA) is 80.9 Å². The average Bonchev–Trinajstić information content (AvgIpc) is 3.60. The van der Waals surface area contributed by atoms with Crippen molar-refractivity contribution in [3.8, 4) is 11.5 Å². The lowest BCUT2D eigenvalue weighted by atomic mass is 10.1. The lowest BCUT2D eigenvalue weighted by Crippen LogP contribution is -2.29. The molecule has 2 amide bonds. The molecule has 7 nitrogen and oxygen atoms in total. The van der Waals surface area contributed by atoms with Crippen molar-refractivity contribution in [2.45, 2.75) is 12.2 Å². The van der Waals surface area contributed by atoms with Crippen molar-refractivity contribution < 1.29 is 28.5 Å². The first-order chi connectivity index (χ1) is 13.2. The smallest absolute Gasteiger partial charge is 0.266 e. The molecule has 2 fully saturated rings. The number of hydrogen-bond acceptors (Lipinski definition) is 6. The Morgan fingerprint density at radius 3 is 2.00 bits per heavy atom. The molecule has 5 rings (SSSR count). The summed E-state index contributed by atoms with van der Waals surface area (Å²) >= 11 is 0. The van der Waals surface area contributed by atoms with Crippen LogP contribution in [0, 0.1) is 0 Å². The summed E-state index contributed by atoms with van der Waals surface area (Å²) in [7, 11) is 0. The number of hydrogen-bond donors (Lipinski definition) is 0. The molecule has 0 aliphatic carbocycles. The summed E-state index contributed by atoms with van der Waals surface area (Å²) in [6.45, 7) is 2.37. The number of carbonyl (C=O) groups excluding carboxylic acids is 2. The number of imide groups is 1. The molecule has 0 spiro atoms. The van der Waals surface area contributed by atoms with Gasteiger partial charge in [0, 0.05) is 0 Å². The minimum absolute atomic E-state index is 0.124. The maximum absolute atomic E-state index is 12.8. The first kappa shape index (κ1) is 16.3. The van der Waals surface area contributed by atoms with Crippen LogP contribution in [-0.2, 0) is 9.47 Å². The predicted octanol–water partition coefficient (Wildman–Crippen LogP) is 2.04. The minimum Gasteiger partial charge on any atom is -0.491 e. The molecule has 0 bridgehead atoms. The van der Waals surface area contributed by atoms with Crippen molar-refractivity contribution in [1.29, 1.82) is 0 Å². The lowest BCUT2D eigenvalue weighted by molar-refractivity contribution is 0.0926. The van der Waals surface area contributed by atoms with Crippen LogP contribution in [0.1, 0.15) is 20.7 Å². The average molecular weight is 367 g/mol. The third-order valence-corrected chi connectivity index (χ3v) is 4.63. The van der Waals surface area contributed by atoms with Gasteiger partial charge < -0.3 is 18.9 Å². The van der Waals surface area contributed by atoms with Crippen LogP contribution in [0.4, 0.5) is 5.69 Å². The molecule has 0 aromatic heterocycles. The Bertz CT molecular complexity index is 901. The third-order valence-electron chi connectivity index (χ3n) is 4.63. The zero-order valence-corrected chi connectivity index (χ0v) is 14.4. The molecule has 2 atom stereocenters. The van der Waals surface area contributed by atoms with E-state index in [0.717, 1.165) is 6.61 Å². The Morgan fingerprint density at radius 1 is 0.815 bits per heavy atom. The number of ether oxygens (including phenoxy) is 4. The standard InChI is InChI=1S/C20H17NO6/c22-19-17-6-5-14(25-9-16-11-27-16)7-18(17)20(23)21(19)12-1-3-13(4-2-12)24-8-15-10-26-15/h1-7,15-16H,8-11H2. The molecule has 138 valence electrons. The second kappa shape index (κ2) is 6.37. The quantitative estimate of drug-likeness (QED) is 0.550. The molecule has 3 aliphatic heterocycles. The Labute approximate surface area is 155 Å². The molecule has 0 radical (unpaired) electrons. The zero-order valence-electron chi connectivity index (χ0n) is 14.4. The van der Waals surface area contributed by atoms with Gasteiger partial charge in [-0.2, -0.15) is 0 Å². The van der Waals surface area contributed by atoms with Crippen LogP contribution in [0.5, 0.6) is 11.5 Å². The van der Waals surface area contributed by atoms with Gasteiger partial charge in [-0.05, 0) is 42.5 Å². The van der Waals surface area contributed by atoms with Gasteiger partial charge in [0.15, 0.2) is 0 Å². The van der Waals surface area contributed by atoms with Gasteiger partial charge >= 0.3 is 0 Å². The van der Waals surface area contributed by atoms with Crippen LogP contribution in [-0.4, -0.2) is 50.4 Å². The molecule has 2 aromatic carbocycles. The van der Waals surface area contributed by atoms with E-state index in [9.17, 15) is 9.59 Å². The van der Waals surface area contributed by atoms with Crippen molar-refractivity contribution in [3.63, 3.8) is 0 Å². The molecule has 3 aliphatic rings. The lowest BCUT2D eigenvalue weighted by Gasteiger charge is -2.14. The second-order valence-corrected chi connectivity index (χ2v) is 6.68. The van der Waals surface area contributed by atoms with Gasteiger partial charge in [-0.1, -0.05) is 0 Å². The van der Waals surface area contributed by atoms with Crippen LogP contribution in [0.3, 0.4) is 0 Å². The van der Waals surface area contributed by atoms with Crippen LogP contribution >= 0.6 is 0 Å². The molecule has 2 unspecified atom stereocenters. The molecule has 27 heavy (non-hydrogen) atoms. The van der Waals surface area contributed by atoms with Gasteiger partial charge in [0.2, 0.25) is 0 Å². The van der Waals surface area contributed by atoms with E-state index >= 15 is 0 Å². The van der Waals surface area contributed by atoms with Gasteiger partial charge in [-0.25, -0.2) is 4.90 Å². The number of amides is 2. The van der Waals surface area contributed by atoms with Gasteiger partial charge in [-0.3, -0.25) is 9.59 Å². The van der Waals surface area contributed by atoms with Crippen LogP contribution in [0.15, 0.2) is 42.5 Å². The van der Waals surface area contributed by atoms with E-state index < -0.39 is 0 Å². The van der Waals surface area contributed by atoms with E-state index in [2.05, 4.69) is 0 Å². The molecule has 7 heteroatoms. The Hall–Kier alpha value is -2.90. The Balaban J connectivity index is 1.33. The summed E-state index contributed by atoms with van der Waals surface area (Å²) < 4.78 is 21.4. The fourth-order valence-corrected chi connectivity index (χ4v) is 2.94. The van der Waals surface area contributed by atoms with Gasteiger partial charge in [-0.15, -0.1) is 0 Å². The van der Waals surface area contributed by atoms with E-state index in [4.69, 9.17) is 18.9 Å². The summed E-state index contributed by atoms with van der Waals surface area (Å²) in [5.74, 6) is 0.525. The first-order valence-electron chi connectivity index (χ1n) is 8.81. The molecule has 0 saturated carbocycles. The highest BCUT2D eigenvalue weighted by molar-refractivity contribution is 6.34. The van der Waals surface area contributed by atoms with E-state index in [0.29, 0.717) is 48.1 Å². The number of rotatable bonds is 7. The summed E-state index contributed by atoms with van der Waals surface area (Å²) in [5.41, 5.74) is 1.23. The van der Waals surface area contributed by atoms with Gasteiger partial charge in [0.1, 0.15) is 36.9 Å². The molecule has 2 saturated heterocycles. The number of nitrogens with zero attached hydrogens (tertiary/aromatic N) is 1. The zero-order chi connectivity index (χ0) is 18.4. The predicted molar refractivity (Wildman–Crippen MR) is 94.5 cm³/mol. The fourth-order valence-electron chi connectivity index (χ4n) is 2.94. The summed E-state index contributed by atoms with van der Waals surface area (Å²) in [4.78, 5) is 26.7. The molecule has 0 N–H and O–H groups in total. The van der Waals surface area contributed by atoms with E-state index in [-0.39, 0.29) is 24.0 Å². The third kappa shape index (κ3) is 3.27. The monoisotopic (exact) mass is 367 g/mol. The SMILES string of the molecule is O=C1c2ccc(OCC3CO3)cc2C(=O)N1c1ccc(OCC2CO2)cc1. The number of anilines is 1. The van der Waals surface area contributed by atoms with Gasteiger partial charge in [0.25, 0.3) is 11.8 Å². The van der Waals surface area contributed by atoms with Crippen molar-refractivity contribution in [2.24, 2.45) is 0 Å². The Morgan fingerprint density at radius 2 is 1.37 bits per heavy atom. The normalized spacial score (nSPS) is 22.6. The number of benzene rings is 2. The van der Waals surface area contributed by atoms with Crippen LogP contribution in [0.25, 0.3) is 0 Å². The maximum Gasteiger partial charge on any atom is 0.266 e. The molecule has 3 heterocycles. The van der Waals surface area contributed by atoms with Crippen molar-refractivity contribution in [3.05, 3.63) is 53.6 Å². The van der Waals surface area contributed by atoms with E-state index in [1.807, 2.05) is 0 Å². The molecular weight excluding hydrogens is 350 g/mol. The summed E-state index contributed by atoms with van der Waals surface area (Å²) in [6, 6.07) is 11.8. The Kier molecular flexibility index (Phi) is 3.84. The number of epoxide rings is 2. The largest absolute Gasteiger partial charge is 0.491 e. The second-order valence-electron chi connectivity index (χ2n) is 6.68. The summed E-state index contributed by atoms with van der Waals surface area (Å²) in [5, 5.41) is 0. The fraction of sp³-hybridized carbons (Fsp3) is 0.300. The summed E-state index contributed by atoms with van der Waals surface area (Å²) in [6.07, 6.45) is 0.295. The van der Waals surface area contributed by atoms with Crippen molar-refractivity contribution in [1.82, 2.24) is 0 Å². The van der Waals surface area contributed by atoms with Gasteiger partial charge in [0.05, 0.1) is 30.0 Å². The number of carbonyl (C=O) groups is 2.